The Balaban J connectivity index is 2.28. The topological polar surface area (TPSA) is 75.6 Å². The van der Waals surface area contributed by atoms with E-state index in [9.17, 15) is 0 Å². The minimum atomic E-state index is 0.388. The van der Waals surface area contributed by atoms with Crippen LogP contribution in [0.2, 0.25) is 0 Å². The van der Waals surface area contributed by atoms with Gasteiger partial charge in [0.25, 0.3) is 0 Å². The van der Waals surface area contributed by atoms with E-state index in [2.05, 4.69) is 9.97 Å². The summed E-state index contributed by atoms with van der Waals surface area (Å²) in [5, 5.41) is 10.1. The van der Waals surface area contributed by atoms with Gasteiger partial charge >= 0.3 is 0 Å². The predicted molar refractivity (Wildman–Crippen MR) is 61.7 cm³/mol. The van der Waals surface area contributed by atoms with Gasteiger partial charge in [0.05, 0.1) is 5.69 Å². The number of nitrogens with two attached hydrogens (primary N) is 1. The second kappa shape index (κ2) is 4.64. The van der Waals surface area contributed by atoms with Crippen molar-refractivity contribution in [2.24, 2.45) is 0 Å². The van der Waals surface area contributed by atoms with Crippen LogP contribution in [0.5, 0.6) is 0 Å². The van der Waals surface area contributed by atoms with E-state index in [-0.39, 0.29) is 0 Å². The highest BCUT2D eigenvalue weighted by atomic mass is 32.2. The first-order chi connectivity index (χ1) is 7.79. The van der Waals surface area contributed by atoms with Gasteiger partial charge in [0.2, 0.25) is 0 Å². The smallest absolute Gasteiger partial charge is 0.141 e. The molecular formula is C11H8N4S. The Labute approximate surface area is 97.1 Å². The number of hydrogen-bond acceptors (Lipinski definition) is 5. The summed E-state index contributed by atoms with van der Waals surface area (Å²) >= 11 is 1.35. The molecule has 0 aliphatic carbocycles. The molecule has 2 heterocycles. The number of anilines is 1. The van der Waals surface area contributed by atoms with Gasteiger partial charge in [-0.2, -0.15) is 5.26 Å². The summed E-state index contributed by atoms with van der Waals surface area (Å²) in [5.74, 6) is 0. The maximum Gasteiger partial charge on any atom is 0.141 e. The lowest BCUT2D eigenvalue weighted by Crippen LogP contribution is -1.91. The summed E-state index contributed by atoms with van der Waals surface area (Å²) in [7, 11) is 0. The van der Waals surface area contributed by atoms with E-state index in [0.29, 0.717) is 21.4 Å². The minimum Gasteiger partial charge on any atom is -0.397 e. The zero-order valence-corrected chi connectivity index (χ0v) is 9.11. The molecule has 2 aromatic rings. The third-order valence-corrected chi connectivity index (χ3v) is 2.81. The van der Waals surface area contributed by atoms with Crippen LogP contribution in [0, 0.1) is 11.3 Å². The van der Waals surface area contributed by atoms with Crippen LogP contribution < -0.4 is 5.73 Å². The molecule has 0 radical (unpaired) electrons. The molecule has 0 bridgehead atoms. The van der Waals surface area contributed by atoms with Crippen molar-refractivity contribution in [1.29, 1.82) is 5.26 Å². The lowest BCUT2D eigenvalue weighted by Gasteiger charge is -2.02. The maximum atomic E-state index is 8.72. The largest absolute Gasteiger partial charge is 0.397 e. The van der Waals surface area contributed by atoms with Gasteiger partial charge in [0.15, 0.2) is 0 Å². The highest BCUT2D eigenvalue weighted by Gasteiger charge is 2.04. The molecular weight excluding hydrogens is 220 g/mol. The first-order valence-electron chi connectivity index (χ1n) is 4.55. The molecule has 0 amide bonds. The molecule has 0 saturated heterocycles. The average Bonchev–Trinajstić information content (AvgIpc) is 2.32. The van der Waals surface area contributed by atoms with Gasteiger partial charge < -0.3 is 5.73 Å². The molecule has 4 nitrogen and oxygen atoms in total. The average molecular weight is 228 g/mol. The van der Waals surface area contributed by atoms with Crippen molar-refractivity contribution in [1.82, 2.24) is 9.97 Å². The first-order valence-corrected chi connectivity index (χ1v) is 5.37. The van der Waals surface area contributed by atoms with Crippen LogP contribution in [0.1, 0.15) is 5.69 Å². The van der Waals surface area contributed by atoms with E-state index in [1.807, 2.05) is 12.1 Å². The van der Waals surface area contributed by atoms with E-state index in [0.717, 1.165) is 0 Å². The predicted octanol–water partition coefficient (Wildman–Crippen LogP) is 2.08. The number of rotatable bonds is 2. The highest BCUT2D eigenvalue weighted by Crippen LogP contribution is 2.28. The summed E-state index contributed by atoms with van der Waals surface area (Å²) < 4.78 is 0. The molecule has 0 saturated carbocycles. The number of pyridine rings is 2. The standard InChI is InChI=1S/C11H8N4S/c12-7-8-3-1-5-10(15-8)16-11-9(13)4-2-6-14-11/h1-6H,13H2. The molecule has 2 N–H and O–H groups in total. The van der Waals surface area contributed by atoms with Crippen LogP contribution in [0.15, 0.2) is 46.6 Å². The van der Waals surface area contributed by atoms with Gasteiger partial charge in [0.1, 0.15) is 21.8 Å². The Morgan fingerprint density at radius 3 is 2.88 bits per heavy atom. The molecule has 78 valence electrons. The normalized spacial score (nSPS) is 9.69. The quantitative estimate of drug-likeness (QED) is 0.851. The monoisotopic (exact) mass is 228 g/mol. The zero-order valence-electron chi connectivity index (χ0n) is 8.29. The van der Waals surface area contributed by atoms with Crippen molar-refractivity contribution in [2.75, 3.05) is 5.73 Å². The van der Waals surface area contributed by atoms with Gasteiger partial charge in [-0.05, 0) is 36.0 Å². The maximum absolute atomic E-state index is 8.72. The summed E-state index contributed by atoms with van der Waals surface area (Å²) in [6.07, 6.45) is 1.67. The lowest BCUT2D eigenvalue weighted by molar-refractivity contribution is 1.08. The Hall–Kier alpha value is -2.06. The summed E-state index contributed by atoms with van der Waals surface area (Å²) in [4.78, 5) is 8.28. The van der Waals surface area contributed by atoms with E-state index in [1.165, 1.54) is 11.8 Å². The van der Waals surface area contributed by atoms with Gasteiger partial charge in [-0.15, -0.1) is 0 Å². The molecule has 2 aromatic heterocycles. The van der Waals surface area contributed by atoms with E-state index in [1.54, 1.807) is 30.5 Å². The van der Waals surface area contributed by atoms with Crippen LogP contribution in [0.3, 0.4) is 0 Å². The number of nitriles is 1. The zero-order chi connectivity index (χ0) is 11.4. The SMILES string of the molecule is N#Cc1cccc(Sc2ncccc2N)n1. The van der Waals surface area contributed by atoms with Gasteiger partial charge in [-0.1, -0.05) is 6.07 Å². The van der Waals surface area contributed by atoms with Crippen LogP contribution in [-0.2, 0) is 0 Å². The van der Waals surface area contributed by atoms with E-state index >= 15 is 0 Å². The number of hydrogen-bond donors (Lipinski definition) is 1. The van der Waals surface area contributed by atoms with Gasteiger partial charge in [-0.25, -0.2) is 9.97 Å². The fourth-order valence-electron chi connectivity index (χ4n) is 1.12. The Morgan fingerprint density at radius 2 is 2.12 bits per heavy atom. The fourth-order valence-corrected chi connectivity index (χ4v) is 1.91. The molecule has 0 aliphatic rings. The molecule has 0 spiro atoms. The first kappa shape index (κ1) is 10.5. The number of aromatic nitrogens is 2. The molecule has 16 heavy (non-hydrogen) atoms. The summed E-state index contributed by atoms with van der Waals surface area (Å²) in [6, 6.07) is 10.8. The summed E-state index contributed by atoms with van der Waals surface area (Å²) in [6.45, 7) is 0. The molecule has 0 atom stereocenters. The Kier molecular flexibility index (Phi) is 3.03. The third-order valence-electron chi connectivity index (χ3n) is 1.84. The van der Waals surface area contributed by atoms with Crippen LogP contribution >= 0.6 is 11.8 Å². The van der Waals surface area contributed by atoms with Crippen LogP contribution in [-0.4, -0.2) is 9.97 Å². The molecule has 0 aromatic carbocycles. The molecule has 0 aliphatic heterocycles. The van der Waals surface area contributed by atoms with E-state index < -0.39 is 0 Å². The van der Waals surface area contributed by atoms with Gasteiger partial charge in [0, 0.05) is 6.20 Å². The van der Waals surface area contributed by atoms with Crippen molar-refractivity contribution in [2.45, 2.75) is 10.1 Å². The molecule has 0 fully saturated rings. The number of nitrogens with zero attached hydrogens (tertiary/aromatic N) is 3. The molecule has 0 unspecified atom stereocenters. The summed E-state index contributed by atoms with van der Waals surface area (Å²) in [5.41, 5.74) is 6.76. The Morgan fingerprint density at radius 1 is 1.25 bits per heavy atom. The van der Waals surface area contributed by atoms with Gasteiger partial charge in [-0.3, -0.25) is 0 Å². The minimum absolute atomic E-state index is 0.388. The second-order valence-electron chi connectivity index (χ2n) is 2.97. The molecule has 2 rings (SSSR count). The van der Waals surface area contributed by atoms with Crippen LogP contribution in [0.4, 0.5) is 5.69 Å². The van der Waals surface area contributed by atoms with Crippen molar-refractivity contribution in [3.63, 3.8) is 0 Å². The van der Waals surface area contributed by atoms with Crippen molar-refractivity contribution in [3.8, 4) is 6.07 Å². The fraction of sp³-hybridized carbons (Fsp3) is 0. The Bertz CT molecular complexity index is 548. The van der Waals surface area contributed by atoms with Crippen molar-refractivity contribution in [3.05, 3.63) is 42.2 Å². The van der Waals surface area contributed by atoms with Crippen molar-refractivity contribution >= 4 is 17.4 Å². The van der Waals surface area contributed by atoms with Crippen LogP contribution in [0.25, 0.3) is 0 Å². The van der Waals surface area contributed by atoms with E-state index in [4.69, 9.17) is 11.0 Å². The second-order valence-corrected chi connectivity index (χ2v) is 3.98. The third kappa shape index (κ3) is 2.30. The highest BCUT2D eigenvalue weighted by molar-refractivity contribution is 7.99. The lowest BCUT2D eigenvalue weighted by atomic mass is 10.4. The van der Waals surface area contributed by atoms with Crippen molar-refractivity contribution < 1.29 is 0 Å². The molecule has 5 heteroatoms. The number of nitrogen functional groups attached to an aromatic ring is 1.